The van der Waals surface area contributed by atoms with E-state index in [1.54, 1.807) is 23.5 Å². The maximum atomic E-state index is 12.5. The molecule has 3 aromatic rings. The van der Waals surface area contributed by atoms with Gasteiger partial charge in [-0.1, -0.05) is 30.3 Å². The average molecular weight is 456 g/mol. The Hall–Kier alpha value is -2.35. The zero-order valence-electron chi connectivity index (χ0n) is 18.3. The van der Waals surface area contributed by atoms with Gasteiger partial charge in [0.05, 0.1) is 4.21 Å². The van der Waals surface area contributed by atoms with E-state index < -0.39 is 0 Å². The number of thioether (sulfide) groups is 1. The van der Waals surface area contributed by atoms with Crippen LogP contribution < -0.4 is 21.8 Å². The smallest absolute Gasteiger partial charge is 0.272 e. The van der Waals surface area contributed by atoms with Crippen LogP contribution in [-0.2, 0) is 0 Å². The molecule has 1 aromatic carbocycles. The highest BCUT2D eigenvalue weighted by molar-refractivity contribution is 8.01. The lowest BCUT2D eigenvalue weighted by molar-refractivity contribution is 0.187. The zero-order chi connectivity index (χ0) is 22.4. The summed E-state index contributed by atoms with van der Waals surface area (Å²) in [5, 5.41) is 0.509. The predicted octanol–water partition coefficient (Wildman–Crippen LogP) is 2.99. The minimum Gasteiger partial charge on any atom is -0.316 e. The molecule has 31 heavy (non-hydrogen) atoms. The van der Waals surface area contributed by atoms with Gasteiger partial charge in [0, 0.05) is 29.3 Å². The number of nitrogens with zero attached hydrogens (tertiary/aromatic N) is 1. The second-order valence-corrected chi connectivity index (χ2v) is 10.4. The van der Waals surface area contributed by atoms with E-state index in [4.69, 9.17) is 0 Å². The third kappa shape index (κ3) is 6.56. The van der Waals surface area contributed by atoms with Crippen LogP contribution in [0.15, 0.2) is 56.3 Å². The molecule has 2 aromatic heterocycles. The highest BCUT2D eigenvalue weighted by atomic mass is 32.2. The lowest BCUT2D eigenvalue weighted by Crippen LogP contribution is -2.46. The van der Waals surface area contributed by atoms with Crippen LogP contribution in [0.3, 0.4) is 0 Å². The Kier molecular flexibility index (Phi) is 8.12. The molecule has 0 aliphatic rings. The van der Waals surface area contributed by atoms with Crippen molar-refractivity contribution in [2.24, 2.45) is 0 Å². The van der Waals surface area contributed by atoms with Gasteiger partial charge >= 0.3 is 0 Å². The van der Waals surface area contributed by atoms with Gasteiger partial charge < -0.3 is 9.97 Å². The summed E-state index contributed by atoms with van der Waals surface area (Å²) in [7, 11) is 0. The fraction of sp³-hybridized carbons (Fsp3) is 0.333. The molecule has 0 saturated carbocycles. The molecule has 0 radical (unpaired) electrons. The summed E-state index contributed by atoms with van der Waals surface area (Å²) >= 11 is 3.44. The van der Waals surface area contributed by atoms with Crippen molar-refractivity contribution in [1.82, 2.24) is 14.9 Å². The minimum atomic E-state index is -0.316. The largest absolute Gasteiger partial charge is 0.316 e. The number of aromatic nitrogens is 2. The Morgan fingerprint density at radius 1 is 0.903 bits per heavy atom. The lowest BCUT2D eigenvalue weighted by atomic mass is 10.2. The molecule has 0 amide bonds. The first-order valence-electron chi connectivity index (χ1n) is 10.4. The molecule has 0 unspecified atom stereocenters. The Balaban J connectivity index is 1.75. The second-order valence-electron chi connectivity index (χ2n) is 7.87. The highest BCUT2D eigenvalue weighted by Gasteiger charge is 2.12. The molecule has 164 valence electrons. The summed E-state index contributed by atoms with van der Waals surface area (Å²) < 4.78 is 1.20. The molecule has 0 fully saturated rings. The molecule has 3 rings (SSSR count). The topological polar surface area (TPSA) is 69.0 Å². The van der Waals surface area contributed by atoms with Crippen molar-refractivity contribution < 1.29 is 0 Å². The number of aromatic amines is 2. The summed E-state index contributed by atoms with van der Waals surface area (Å²) in [5.41, 5.74) is 0.228. The van der Waals surface area contributed by atoms with Gasteiger partial charge in [0.1, 0.15) is 10.7 Å². The molecule has 0 aliphatic carbocycles. The van der Waals surface area contributed by atoms with E-state index in [9.17, 15) is 9.59 Å². The maximum absolute atomic E-state index is 12.5. The fourth-order valence-corrected chi connectivity index (χ4v) is 5.53. The van der Waals surface area contributed by atoms with Gasteiger partial charge in [0.15, 0.2) is 0 Å². The van der Waals surface area contributed by atoms with Crippen molar-refractivity contribution in [2.75, 3.05) is 12.3 Å². The van der Waals surface area contributed by atoms with Crippen molar-refractivity contribution in [3.63, 3.8) is 0 Å². The van der Waals surface area contributed by atoms with Gasteiger partial charge in [-0.25, -0.2) is 0 Å². The van der Waals surface area contributed by atoms with E-state index in [0.717, 1.165) is 22.7 Å². The Morgan fingerprint density at radius 3 is 2.13 bits per heavy atom. The molecule has 2 N–H and O–H groups in total. The van der Waals surface area contributed by atoms with Crippen LogP contribution >= 0.6 is 23.1 Å². The number of nitrogens with one attached hydrogen (secondary N) is 2. The van der Waals surface area contributed by atoms with Crippen LogP contribution in [0.2, 0.25) is 0 Å². The van der Waals surface area contributed by atoms with Crippen molar-refractivity contribution in [1.29, 1.82) is 0 Å². The van der Waals surface area contributed by atoms with Crippen molar-refractivity contribution in [3.05, 3.63) is 84.3 Å². The third-order valence-corrected chi connectivity index (χ3v) is 7.14. The summed E-state index contributed by atoms with van der Waals surface area (Å²) in [6, 6.07) is 14.5. The normalized spacial score (nSPS) is 13.1. The van der Waals surface area contributed by atoms with Gasteiger partial charge in [0.25, 0.3) is 11.1 Å². The molecule has 0 bridgehead atoms. The van der Waals surface area contributed by atoms with E-state index in [1.165, 1.54) is 4.21 Å². The molecule has 0 atom stereocenters. The summed E-state index contributed by atoms with van der Waals surface area (Å²) in [6.45, 7) is 9.94. The highest BCUT2D eigenvalue weighted by Crippen LogP contribution is 2.27. The van der Waals surface area contributed by atoms with Gasteiger partial charge in [-0.3, -0.25) is 14.5 Å². The quantitative estimate of drug-likeness (QED) is 0.513. The molecular weight excluding hydrogens is 426 g/mol. The number of hydrogen-bond donors (Lipinski definition) is 2. The van der Waals surface area contributed by atoms with E-state index in [2.05, 4.69) is 48.6 Å². The number of hydrogen-bond acceptors (Lipinski definition) is 5. The zero-order valence-corrected chi connectivity index (χ0v) is 20.0. The Bertz CT molecular complexity index is 1220. The van der Waals surface area contributed by atoms with Gasteiger partial charge in [-0.05, 0) is 57.5 Å². The first kappa shape index (κ1) is 23.3. The summed E-state index contributed by atoms with van der Waals surface area (Å²) in [6.07, 6.45) is 3.40. The average Bonchev–Trinajstić information content (AvgIpc) is 3.16. The Labute approximate surface area is 190 Å². The minimum absolute atomic E-state index is 0.246. The summed E-state index contributed by atoms with van der Waals surface area (Å²) in [5.74, 6) is 1.01. The lowest BCUT2D eigenvalue weighted by Gasteiger charge is -2.30. The molecule has 5 nitrogen and oxygen atoms in total. The SMILES string of the molecule is CC(C)N(CCSc1ccc(/C=c2\[nH]c(=O)/c(=C/c3ccccc3)[nH]c2=O)s1)C(C)C. The monoisotopic (exact) mass is 455 g/mol. The maximum Gasteiger partial charge on any atom is 0.272 e. The molecular formula is C24H29N3O2S2. The third-order valence-electron chi connectivity index (χ3n) is 4.91. The number of rotatable bonds is 8. The predicted molar refractivity (Wildman–Crippen MR) is 133 cm³/mol. The van der Waals surface area contributed by atoms with Crippen LogP contribution in [0, 0.1) is 0 Å². The van der Waals surface area contributed by atoms with Crippen molar-refractivity contribution in [3.8, 4) is 0 Å². The number of H-pyrrole nitrogens is 2. The Morgan fingerprint density at radius 2 is 1.52 bits per heavy atom. The van der Waals surface area contributed by atoms with E-state index >= 15 is 0 Å². The van der Waals surface area contributed by atoms with Crippen molar-refractivity contribution >= 4 is 35.3 Å². The van der Waals surface area contributed by atoms with E-state index in [1.807, 2.05) is 48.2 Å². The van der Waals surface area contributed by atoms with Gasteiger partial charge in [0.2, 0.25) is 0 Å². The molecule has 0 spiro atoms. The van der Waals surface area contributed by atoms with E-state index in [0.29, 0.717) is 12.1 Å². The van der Waals surface area contributed by atoms with Crippen LogP contribution in [0.25, 0.3) is 12.2 Å². The van der Waals surface area contributed by atoms with Crippen LogP contribution in [0.1, 0.15) is 38.1 Å². The van der Waals surface area contributed by atoms with Crippen LogP contribution in [0.4, 0.5) is 0 Å². The van der Waals surface area contributed by atoms with Gasteiger partial charge in [-0.15, -0.1) is 23.1 Å². The van der Waals surface area contributed by atoms with Crippen molar-refractivity contribution in [2.45, 2.75) is 44.0 Å². The molecule has 0 saturated heterocycles. The second kappa shape index (κ2) is 10.8. The standard InChI is InChI=1S/C24H29N3O2S2/c1-16(2)27(17(3)4)12-13-30-22-11-10-19(31-22)15-21-24(29)25-20(23(28)26-21)14-18-8-6-5-7-9-18/h5-11,14-17H,12-13H2,1-4H3,(H,25,29)(H,26,28)/b20-14-,21-15-. The number of benzene rings is 1. The fourth-order valence-electron chi connectivity index (χ4n) is 3.41. The first-order chi connectivity index (χ1) is 14.8. The molecule has 7 heteroatoms. The van der Waals surface area contributed by atoms with Crippen LogP contribution in [0.5, 0.6) is 0 Å². The first-order valence-corrected chi connectivity index (χ1v) is 12.2. The summed E-state index contributed by atoms with van der Waals surface area (Å²) in [4.78, 5) is 33.7. The molecule has 0 aliphatic heterocycles. The van der Waals surface area contributed by atoms with E-state index in [-0.39, 0.29) is 21.8 Å². The number of thiophene rings is 1. The molecule has 2 heterocycles. The van der Waals surface area contributed by atoms with Crippen LogP contribution in [-0.4, -0.2) is 39.2 Å². The van der Waals surface area contributed by atoms with Gasteiger partial charge in [-0.2, -0.15) is 0 Å².